The van der Waals surface area contributed by atoms with E-state index in [0.717, 1.165) is 18.6 Å². The van der Waals surface area contributed by atoms with E-state index in [1.54, 1.807) is 0 Å². The summed E-state index contributed by atoms with van der Waals surface area (Å²) in [5, 5.41) is 0. The lowest BCUT2D eigenvalue weighted by molar-refractivity contribution is 0.850. The van der Waals surface area contributed by atoms with Crippen molar-refractivity contribution in [2.24, 2.45) is 5.92 Å². The van der Waals surface area contributed by atoms with Gasteiger partial charge in [-0.05, 0) is 24.5 Å². The van der Waals surface area contributed by atoms with Crippen molar-refractivity contribution in [3.63, 3.8) is 0 Å². The third-order valence-corrected chi connectivity index (χ3v) is 2.46. The second-order valence-corrected chi connectivity index (χ2v) is 3.65. The normalized spacial score (nSPS) is 14.1. The third kappa shape index (κ3) is 7.92. The summed E-state index contributed by atoms with van der Waals surface area (Å²) in [6, 6.07) is 0. The summed E-state index contributed by atoms with van der Waals surface area (Å²) in [7, 11) is 0. The molecule has 0 nitrogen and oxygen atoms in total. The average Bonchev–Trinajstić information content (AvgIpc) is 2.16. The van der Waals surface area contributed by atoms with E-state index in [9.17, 15) is 0 Å². The van der Waals surface area contributed by atoms with Crippen LogP contribution in [0.1, 0.15) is 26.7 Å². The highest BCUT2D eigenvalue weighted by molar-refractivity contribution is 7.80. The molecule has 0 aromatic carbocycles. The molecule has 0 radical (unpaired) electrons. The Balaban J connectivity index is 3.62. The summed E-state index contributed by atoms with van der Waals surface area (Å²) in [4.78, 5) is 0. The highest BCUT2D eigenvalue weighted by Gasteiger charge is 1.88. The fourth-order valence-corrected chi connectivity index (χ4v) is 0.894. The molecule has 0 saturated heterocycles. The average molecular weight is 196 g/mol. The quantitative estimate of drug-likeness (QED) is 0.370. The molecule has 0 aromatic heterocycles. The molecule has 0 N–H and O–H groups in total. The Bertz CT molecular complexity index is 189. The first-order valence-corrected chi connectivity index (χ1v) is 5.44. The molecule has 1 unspecified atom stereocenters. The summed E-state index contributed by atoms with van der Waals surface area (Å²) < 4.78 is 0. The highest BCUT2D eigenvalue weighted by atomic mass is 32.1. The fraction of sp³-hybridized carbons (Fsp3) is 0.500. The van der Waals surface area contributed by atoms with E-state index in [-0.39, 0.29) is 0 Å². The van der Waals surface area contributed by atoms with Crippen molar-refractivity contribution < 1.29 is 0 Å². The standard InChI is InChI=1S/C12H20S/c1-4-11(2)8-6-5-7-9-12(3)10-13/h5-7,9,12-13H,2,4,8,10H2,1,3H3/b6-5-,9-7-. The second kappa shape index (κ2) is 8.18. The molecule has 0 aliphatic carbocycles. The van der Waals surface area contributed by atoms with E-state index in [2.05, 4.69) is 57.4 Å². The molecular weight excluding hydrogens is 176 g/mol. The Hall–Kier alpha value is -0.430. The summed E-state index contributed by atoms with van der Waals surface area (Å²) >= 11 is 4.20. The molecule has 1 atom stereocenters. The summed E-state index contributed by atoms with van der Waals surface area (Å²) in [5.74, 6) is 1.47. The maximum atomic E-state index is 4.20. The number of hydrogen-bond acceptors (Lipinski definition) is 1. The summed E-state index contributed by atoms with van der Waals surface area (Å²) in [6.45, 7) is 8.22. The van der Waals surface area contributed by atoms with Gasteiger partial charge in [0, 0.05) is 0 Å². The van der Waals surface area contributed by atoms with Gasteiger partial charge in [-0.25, -0.2) is 0 Å². The van der Waals surface area contributed by atoms with Gasteiger partial charge in [-0.1, -0.05) is 50.3 Å². The molecule has 1 heteroatoms. The minimum absolute atomic E-state index is 0.558. The lowest BCUT2D eigenvalue weighted by Crippen LogP contribution is -1.87. The Morgan fingerprint density at radius 1 is 1.46 bits per heavy atom. The van der Waals surface area contributed by atoms with Crippen molar-refractivity contribution in [2.75, 3.05) is 5.75 Å². The van der Waals surface area contributed by atoms with Crippen LogP contribution in [0.15, 0.2) is 36.5 Å². The van der Waals surface area contributed by atoms with Crippen molar-refractivity contribution in [2.45, 2.75) is 26.7 Å². The van der Waals surface area contributed by atoms with Gasteiger partial charge in [-0.2, -0.15) is 12.6 Å². The molecule has 0 aromatic rings. The second-order valence-electron chi connectivity index (χ2n) is 3.28. The predicted octanol–water partition coefficient (Wildman–Crippen LogP) is 4.02. The molecular formula is C12H20S. The van der Waals surface area contributed by atoms with E-state index in [0.29, 0.717) is 5.92 Å². The van der Waals surface area contributed by atoms with Crippen LogP contribution >= 0.6 is 12.6 Å². The maximum absolute atomic E-state index is 4.20. The van der Waals surface area contributed by atoms with Gasteiger partial charge in [-0.3, -0.25) is 0 Å². The van der Waals surface area contributed by atoms with Crippen molar-refractivity contribution in [3.05, 3.63) is 36.5 Å². The largest absolute Gasteiger partial charge is 0.179 e. The molecule has 0 bridgehead atoms. The van der Waals surface area contributed by atoms with Crippen molar-refractivity contribution in [1.29, 1.82) is 0 Å². The Kier molecular flexibility index (Phi) is 7.91. The minimum Gasteiger partial charge on any atom is -0.179 e. The van der Waals surface area contributed by atoms with Crippen molar-refractivity contribution in [1.82, 2.24) is 0 Å². The van der Waals surface area contributed by atoms with Crippen LogP contribution in [-0.4, -0.2) is 5.75 Å². The van der Waals surface area contributed by atoms with E-state index >= 15 is 0 Å². The smallest absolute Gasteiger partial charge is 0.00374 e. The molecule has 0 fully saturated rings. The van der Waals surface area contributed by atoms with Crippen LogP contribution in [0.5, 0.6) is 0 Å². The summed E-state index contributed by atoms with van der Waals surface area (Å²) in [5.41, 5.74) is 1.28. The van der Waals surface area contributed by atoms with Crippen LogP contribution in [0.3, 0.4) is 0 Å². The molecule has 0 aliphatic rings. The van der Waals surface area contributed by atoms with E-state index in [1.165, 1.54) is 5.57 Å². The van der Waals surface area contributed by atoms with Crippen molar-refractivity contribution in [3.8, 4) is 0 Å². The van der Waals surface area contributed by atoms with Crippen LogP contribution in [0.4, 0.5) is 0 Å². The molecule has 13 heavy (non-hydrogen) atoms. The van der Waals surface area contributed by atoms with E-state index in [4.69, 9.17) is 0 Å². The lowest BCUT2D eigenvalue weighted by atomic mass is 10.1. The summed E-state index contributed by atoms with van der Waals surface area (Å²) in [6.07, 6.45) is 10.5. The Morgan fingerprint density at radius 3 is 2.69 bits per heavy atom. The molecule has 74 valence electrons. The van der Waals surface area contributed by atoms with Crippen LogP contribution < -0.4 is 0 Å². The van der Waals surface area contributed by atoms with Crippen LogP contribution in [0.25, 0.3) is 0 Å². The topological polar surface area (TPSA) is 0 Å². The number of allylic oxidation sites excluding steroid dienone is 5. The molecule has 0 aliphatic heterocycles. The van der Waals surface area contributed by atoms with Crippen molar-refractivity contribution >= 4 is 12.6 Å². The first kappa shape index (κ1) is 12.6. The zero-order valence-corrected chi connectivity index (χ0v) is 9.56. The lowest BCUT2D eigenvalue weighted by Gasteiger charge is -1.96. The van der Waals surface area contributed by atoms with Gasteiger partial charge in [0.25, 0.3) is 0 Å². The maximum Gasteiger partial charge on any atom is -0.00374 e. The van der Waals surface area contributed by atoms with Gasteiger partial charge in [0.2, 0.25) is 0 Å². The molecule has 0 spiro atoms. The van der Waals surface area contributed by atoms with Crippen LogP contribution in [-0.2, 0) is 0 Å². The number of hydrogen-bond donors (Lipinski definition) is 1. The molecule has 0 saturated carbocycles. The van der Waals surface area contributed by atoms with E-state index < -0.39 is 0 Å². The SMILES string of the molecule is C=C(CC)C/C=C\C=C/C(C)CS. The van der Waals surface area contributed by atoms with Gasteiger partial charge in [0.05, 0.1) is 0 Å². The monoisotopic (exact) mass is 196 g/mol. The van der Waals surface area contributed by atoms with Gasteiger partial charge >= 0.3 is 0 Å². The first-order chi connectivity index (χ1) is 6.20. The van der Waals surface area contributed by atoms with Gasteiger partial charge in [0.15, 0.2) is 0 Å². The van der Waals surface area contributed by atoms with E-state index in [1.807, 2.05) is 0 Å². The minimum atomic E-state index is 0.558. The predicted molar refractivity (Wildman–Crippen MR) is 65.3 cm³/mol. The number of thiol groups is 1. The van der Waals surface area contributed by atoms with Gasteiger partial charge in [-0.15, -0.1) is 0 Å². The fourth-order valence-electron chi connectivity index (χ4n) is 0.772. The molecule has 0 rings (SSSR count). The third-order valence-electron chi connectivity index (χ3n) is 1.88. The zero-order chi connectivity index (χ0) is 10.1. The van der Waals surface area contributed by atoms with Gasteiger partial charge in [0.1, 0.15) is 0 Å². The van der Waals surface area contributed by atoms with Gasteiger partial charge < -0.3 is 0 Å². The van der Waals surface area contributed by atoms with Crippen LogP contribution in [0.2, 0.25) is 0 Å². The highest BCUT2D eigenvalue weighted by Crippen LogP contribution is 2.04. The Morgan fingerprint density at radius 2 is 2.15 bits per heavy atom. The zero-order valence-electron chi connectivity index (χ0n) is 8.66. The number of rotatable bonds is 6. The van der Waals surface area contributed by atoms with Crippen LogP contribution in [0, 0.1) is 5.92 Å². The first-order valence-electron chi connectivity index (χ1n) is 4.81. The molecule has 0 heterocycles. The Labute approximate surface area is 87.8 Å². The molecule has 0 amide bonds.